The number of para-hydroxylation sites is 1. The van der Waals surface area contributed by atoms with E-state index in [1.165, 1.54) is 16.8 Å². The van der Waals surface area contributed by atoms with Gasteiger partial charge in [0.25, 0.3) is 5.56 Å². The number of carbonyl (C=O) groups is 1. The Labute approximate surface area is 267 Å². The first-order valence-electron chi connectivity index (χ1n) is 13.5. The number of furan rings is 1. The molecule has 0 aliphatic heterocycles. The van der Waals surface area contributed by atoms with Crippen LogP contribution in [-0.2, 0) is 6.61 Å². The van der Waals surface area contributed by atoms with Crippen LogP contribution in [0.25, 0.3) is 33.5 Å². The fraction of sp³-hybridized carbons (Fsp3) is 0.0909. The van der Waals surface area contributed by atoms with Crippen molar-refractivity contribution in [2.24, 2.45) is 5.10 Å². The van der Waals surface area contributed by atoms with Gasteiger partial charge >= 0.3 is 5.97 Å². The maximum Gasteiger partial charge on any atom is 0.335 e. The summed E-state index contributed by atoms with van der Waals surface area (Å²) in [7, 11) is 0. The van der Waals surface area contributed by atoms with Gasteiger partial charge in [-0.25, -0.2) is 9.78 Å². The summed E-state index contributed by atoms with van der Waals surface area (Å²) in [6.45, 7) is 2.44. The maximum atomic E-state index is 13.7. The summed E-state index contributed by atoms with van der Waals surface area (Å²) in [5, 5.41) is 15.0. The van der Waals surface area contributed by atoms with Crippen LogP contribution in [0.15, 0.2) is 108 Å². The van der Waals surface area contributed by atoms with Crippen molar-refractivity contribution in [3.63, 3.8) is 0 Å². The molecule has 0 radical (unpaired) electrons. The van der Waals surface area contributed by atoms with E-state index in [0.29, 0.717) is 50.4 Å². The summed E-state index contributed by atoms with van der Waals surface area (Å²) in [6.07, 6.45) is 1.54. The lowest BCUT2D eigenvalue weighted by atomic mass is 10.1. The second-order valence-corrected chi connectivity index (χ2v) is 11.4. The summed E-state index contributed by atoms with van der Waals surface area (Å²) in [4.78, 5) is 29.5. The minimum Gasteiger partial charge on any atom is -0.490 e. The summed E-state index contributed by atoms with van der Waals surface area (Å²) < 4.78 is 20.8. The molecule has 6 aromatic rings. The summed E-state index contributed by atoms with van der Waals surface area (Å²) >= 11 is 7.06. The molecule has 0 atom stereocenters. The quantitative estimate of drug-likeness (QED) is 0.151. The maximum absolute atomic E-state index is 13.7. The van der Waals surface area contributed by atoms with Gasteiger partial charge in [0.15, 0.2) is 17.3 Å². The van der Waals surface area contributed by atoms with E-state index >= 15 is 0 Å². The minimum absolute atomic E-state index is 0.196. The van der Waals surface area contributed by atoms with Crippen LogP contribution in [0, 0.1) is 0 Å². The van der Waals surface area contributed by atoms with Gasteiger partial charge in [0.1, 0.15) is 12.2 Å². The highest BCUT2D eigenvalue weighted by molar-refractivity contribution is 9.10. The van der Waals surface area contributed by atoms with E-state index in [0.717, 1.165) is 15.4 Å². The standard InChI is InChI=1S/C33H23Br2N3O6/c1-2-42-28-14-20(13-25(35)30(28)43-18-19-7-9-21(10-8-19)33(40)41)17-36-38-31(37-26-6-4-3-5-24(26)32(38)39)29-16-22-15-23(34)11-12-27(22)44-29/h3-17H,2,18H2,1H3,(H,40,41). The number of nitrogens with zero attached hydrogens (tertiary/aromatic N) is 3. The summed E-state index contributed by atoms with van der Waals surface area (Å²) in [5.74, 6) is 0.614. The lowest BCUT2D eigenvalue weighted by Crippen LogP contribution is -2.20. The van der Waals surface area contributed by atoms with Crippen molar-refractivity contribution in [3.05, 3.63) is 121 Å². The number of carboxylic acid groups (broad SMARTS) is 1. The number of aromatic carboxylic acids is 1. The van der Waals surface area contributed by atoms with Gasteiger partial charge in [-0.05, 0) is 94.6 Å². The molecule has 0 amide bonds. The Morgan fingerprint density at radius 2 is 1.82 bits per heavy atom. The lowest BCUT2D eigenvalue weighted by Gasteiger charge is -2.15. The van der Waals surface area contributed by atoms with Gasteiger partial charge in [0, 0.05) is 9.86 Å². The van der Waals surface area contributed by atoms with E-state index < -0.39 is 5.97 Å². The van der Waals surface area contributed by atoms with Crippen molar-refractivity contribution < 1.29 is 23.8 Å². The highest BCUT2D eigenvalue weighted by atomic mass is 79.9. The van der Waals surface area contributed by atoms with Crippen molar-refractivity contribution in [3.8, 4) is 23.1 Å². The summed E-state index contributed by atoms with van der Waals surface area (Å²) in [6, 6.07) is 24.6. The number of rotatable bonds is 9. The van der Waals surface area contributed by atoms with Gasteiger partial charge in [-0.15, -0.1) is 0 Å². The highest BCUT2D eigenvalue weighted by Crippen LogP contribution is 2.37. The third kappa shape index (κ3) is 6.01. The number of hydrogen-bond acceptors (Lipinski definition) is 7. The summed E-state index contributed by atoms with van der Waals surface area (Å²) in [5.41, 5.74) is 2.47. The molecule has 1 N–H and O–H groups in total. The zero-order valence-electron chi connectivity index (χ0n) is 23.2. The molecule has 9 nitrogen and oxygen atoms in total. The van der Waals surface area contributed by atoms with E-state index in [9.17, 15) is 9.59 Å². The van der Waals surface area contributed by atoms with Gasteiger partial charge in [-0.3, -0.25) is 4.79 Å². The molecule has 0 aliphatic carbocycles. The molecule has 0 saturated carbocycles. The minimum atomic E-state index is -0.990. The first-order chi connectivity index (χ1) is 21.3. The molecule has 44 heavy (non-hydrogen) atoms. The fourth-order valence-corrected chi connectivity index (χ4v) is 5.56. The van der Waals surface area contributed by atoms with Crippen molar-refractivity contribution in [2.75, 3.05) is 6.61 Å². The average molecular weight is 717 g/mol. The largest absolute Gasteiger partial charge is 0.490 e. The first-order valence-corrected chi connectivity index (χ1v) is 15.1. The van der Waals surface area contributed by atoms with Crippen LogP contribution >= 0.6 is 31.9 Å². The predicted molar refractivity (Wildman–Crippen MR) is 175 cm³/mol. The van der Waals surface area contributed by atoms with Crippen LogP contribution < -0.4 is 15.0 Å². The normalized spacial score (nSPS) is 11.4. The Kier molecular flexibility index (Phi) is 8.32. The Morgan fingerprint density at radius 3 is 2.59 bits per heavy atom. The molecule has 11 heteroatoms. The average Bonchev–Trinajstić information content (AvgIpc) is 3.43. The molecule has 4 aromatic carbocycles. The van der Waals surface area contributed by atoms with Gasteiger partial charge in [-0.2, -0.15) is 9.78 Å². The zero-order valence-corrected chi connectivity index (χ0v) is 26.3. The van der Waals surface area contributed by atoms with Gasteiger partial charge in [0.2, 0.25) is 5.82 Å². The molecule has 220 valence electrons. The SMILES string of the molecule is CCOc1cc(C=Nn2c(-c3cc4cc(Br)ccc4o3)nc3ccccc3c2=O)cc(Br)c1OCc1ccc(C(=O)O)cc1. The Morgan fingerprint density at radius 1 is 1.02 bits per heavy atom. The fourth-order valence-electron chi connectivity index (χ4n) is 4.60. The Balaban J connectivity index is 1.37. The molecule has 0 spiro atoms. The van der Waals surface area contributed by atoms with Crippen LogP contribution in [0.1, 0.15) is 28.4 Å². The third-order valence-corrected chi connectivity index (χ3v) is 7.77. The topological polar surface area (TPSA) is 116 Å². The van der Waals surface area contributed by atoms with E-state index in [2.05, 4.69) is 37.0 Å². The molecule has 0 unspecified atom stereocenters. The third-order valence-electron chi connectivity index (χ3n) is 6.69. The molecule has 0 saturated heterocycles. The highest BCUT2D eigenvalue weighted by Gasteiger charge is 2.17. The van der Waals surface area contributed by atoms with Crippen molar-refractivity contribution in [2.45, 2.75) is 13.5 Å². The number of fused-ring (bicyclic) bond motifs is 2. The van der Waals surface area contributed by atoms with Crippen LogP contribution in [0.4, 0.5) is 0 Å². The molecule has 6 rings (SSSR count). The second-order valence-electron chi connectivity index (χ2n) is 9.66. The number of benzene rings is 4. The molecule has 0 aliphatic rings. The number of aromatic nitrogens is 2. The Bertz CT molecular complexity index is 2120. The van der Waals surface area contributed by atoms with Crippen LogP contribution in [0.3, 0.4) is 0 Å². The zero-order chi connectivity index (χ0) is 30.8. The van der Waals surface area contributed by atoms with Crippen LogP contribution in [-0.4, -0.2) is 33.6 Å². The molecular weight excluding hydrogens is 694 g/mol. The van der Waals surface area contributed by atoms with Crippen molar-refractivity contribution in [1.82, 2.24) is 9.66 Å². The Hall–Kier alpha value is -4.74. The first kappa shape index (κ1) is 29.3. The monoisotopic (exact) mass is 715 g/mol. The van der Waals surface area contributed by atoms with E-state index in [4.69, 9.17) is 24.0 Å². The van der Waals surface area contributed by atoms with Crippen molar-refractivity contribution >= 4 is 65.9 Å². The second kappa shape index (κ2) is 12.5. The number of ether oxygens (including phenoxy) is 2. The number of hydrogen-bond donors (Lipinski definition) is 1. The van der Waals surface area contributed by atoms with E-state index in [1.54, 1.807) is 48.7 Å². The number of halogens is 2. The van der Waals surface area contributed by atoms with Gasteiger partial charge in [-0.1, -0.05) is 40.2 Å². The van der Waals surface area contributed by atoms with Crippen molar-refractivity contribution in [1.29, 1.82) is 0 Å². The van der Waals surface area contributed by atoms with Gasteiger partial charge in [0.05, 0.1) is 33.8 Å². The molecule has 0 bridgehead atoms. The predicted octanol–water partition coefficient (Wildman–Crippen LogP) is 7.89. The molecule has 2 heterocycles. The van der Waals surface area contributed by atoms with Crippen LogP contribution in [0.5, 0.6) is 11.5 Å². The van der Waals surface area contributed by atoms with E-state index in [-0.39, 0.29) is 23.6 Å². The molecular formula is C33H23Br2N3O6. The van der Waals surface area contributed by atoms with E-state index in [1.807, 2.05) is 37.3 Å². The molecule has 2 aromatic heterocycles. The van der Waals surface area contributed by atoms with Crippen LogP contribution in [0.2, 0.25) is 0 Å². The smallest absolute Gasteiger partial charge is 0.335 e. The molecule has 0 fully saturated rings. The van der Waals surface area contributed by atoms with Gasteiger partial charge < -0.3 is 19.0 Å². The lowest BCUT2D eigenvalue weighted by molar-refractivity contribution is 0.0697. The number of carboxylic acids is 1.